The number of carbonyl (C=O) groups excluding carboxylic acids is 1. The van der Waals surface area contributed by atoms with E-state index in [0.29, 0.717) is 5.02 Å². The van der Waals surface area contributed by atoms with Gasteiger partial charge in [0.1, 0.15) is 0 Å². The molecule has 3 aromatic carbocycles. The minimum Gasteiger partial charge on any atom is -0.325 e. The van der Waals surface area contributed by atoms with E-state index in [1.807, 2.05) is 73.7 Å². The van der Waals surface area contributed by atoms with Crippen LogP contribution in [0.2, 0.25) is 5.02 Å². The Morgan fingerprint density at radius 3 is 2.48 bits per heavy atom. The molecule has 0 aromatic heterocycles. The van der Waals surface area contributed by atoms with E-state index in [1.54, 1.807) is 0 Å². The predicted octanol–water partition coefficient (Wildman–Crippen LogP) is 5.22. The average molecular weight is 379 g/mol. The summed E-state index contributed by atoms with van der Waals surface area (Å²) in [6, 6.07) is 25.8. The lowest BCUT2D eigenvalue weighted by Gasteiger charge is -2.15. The van der Waals surface area contributed by atoms with Crippen LogP contribution in [-0.2, 0) is 11.2 Å². The summed E-state index contributed by atoms with van der Waals surface area (Å²) in [6.07, 6.45) is 0.781. The molecule has 0 heterocycles. The summed E-state index contributed by atoms with van der Waals surface area (Å²) in [5.41, 5.74) is 4.22. The van der Waals surface area contributed by atoms with Gasteiger partial charge in [-0.25, -0.2) is 0 Å². The SMILES string of the molecule is C[C@H](NCC(=O)Nc1ccccc1Cc1ccccc1)c1cccc(Cl)c1. The van der Waals surface area contributed by atoms with Crippen LogP contribution in [0, 0.1) is 0 Å². The Kier molecular flexibility index (Phi) is 6.64. The average Bonchev–Trinajstić information content (AvgIpc) is 2.68. The van der Waals surface area contributed by atoms with E-state index in [-0.39, 0.29) is 18.5 Å². The number of amides is 1. The Hall–Kier alpha value is -2.62. The fourth-order valence-corrected chi connectivity index (χ4v) is 3.14. The number of hydrogen-bond acceptors (Lipinski definition) is 2. The minimum atomic E-state index is -0.0654. The van der Waals surface area contributed by atoms with Gasteiger partial charge in [0.05, 0.1) is 6.54 Å². The van der Waals surface area contributed by atoms with Gasteiger partial charge in [0.15, 0.2) is 0 Å². The lowest BCUT2D eigenvalue weighted by molar-refractivity contribution is -0.115. The van der Waals surface area contributed by atoms with Gasteiger partial charge in [-0.3, -0.25) is 4.79 Å². The van der Waals surface area contributed by atoms with Crippen molar-refractivity contribution in [3.8, 4) is 0 Å². The lowest BCUT2D eigenvalue weighted by atomic mass is 10.0. The molecule has 0 unspecified atom stereocenters. The summed E-state index contributed by atoms with van der Waals surface area (Å²) < 4.78 is 0. The van der Waals surface area contributed by atoms with Gasteiger partial charge in [-0.1, -0.05) is 72.3 Å². The van der Waals surface area contributed by atoms with Gasteiger partial charge < -0.3 is 10.6 Å². The molecule has 2 N–H and O–H groups in total. The van der Waals surface area contributed by atoms with E-state index < -0.39 is 0 Å². The topological polar surface area (TPSA) is 41.1 Å². The molecule has 4 heteroatoms. The molecule has 138 valence electrons. The van der Waals surface area contributed by atoms with Crippen molar-refractivity contribution in [3.63, 3.8) is 0 Å². The first-order chi connectivity index (χ1) is 13.1. The third-order valence-electron chi connectivity index (χ3n) is 4.45. The number of halogens is 1. The van der Waals surface area contributed by atoms with Crippen molar-refractivity contribution < 1.29 is 4.79 Å². The van der Waals surface area contributed by atoms with Gasteiger partial charge in [-0.2, -0.15) is 0 Å². The fourth-order valence-electron chi connectivity index (χ4n) is 2.95. The molecule has 1 amide bonds. The second kappa shape index (κ2) is 9.36. The number of anilines is 1. The van der Waals surface area contributed by atoms with Crippen LogP contribution in [0.3, 0.4) is 0 Å². The first kappa shape index (κ1) is 19.2. The van der Waals surface area contributed by atoms with Crippen LogP contribution >= 0.6 is 11.6 Å². The molecule has 0 fully saturated rings. The maximum absolute atomic E-state index is 12.4. The molecule has 0 radical (unpaired) electrons. The largest absolute Gasteiger partial charge is 0.325 e. The minimum absolute atomic E-state index is 0.0361. The molecule has 0 saturated carbocycles. The van der Waals surface area contributed by atoms with E-state index >= 15 is 0 Å². The molecule has 3 rings (SSSR count). The van der Waals surface area contributed by atoms with Gasteiger partial charge in [-0.15, -0.1) is 0 Å². The van der Waals surface area contributed by atoms with Crippen molar-refractivity contribution in [2.45, 2.75) is 19.4 Å². The highest BCUT2D eigenvalue weighted by Gasteiger charge is 2.10. The Balaban J connectivity index is 1.59. The normalized spacial score (nSPS) is 11.8. The van der Waals surface area contributed by atoms with E-state index in [2.05, 4.69) is 22.8 Å². The molecule has 3 nitrogen and oxygen atoms in total. The second-order valence-corrected chi connectivity index (χ2v) is 6.96. The Labute approximate surface area is 165 Å². The number of benzene rings is 3. The smallest absolute Gasteiger partial charge is 0.238 e. The Morgan fingerprint density at radius 2 is 1.70 bits per heavy atom. The maximum Gasteiger partial charge on any atom is 0.238 e. The van der Waals surface area contributed by atoms with Gasteiger partial charge in [0.2, 0.25) is 5.91 Å². The molecular weight excluding hydrogens is 356 g/mol. The second-order valence-electron chi connectivity index (χ2n) is 6.53. The number of hydrogen-bond donors (Lipinski definition) is 2. The summed E-state index contributed by atoms with van der Waals surface area (Å²) in [7, 11) is 0. The van der Waals surface area contributed by atoms with Crippen LogP contribution in [0.4, 0.5) is 5.69 Å². The quantitative estimate of drug-likeness (QED) is 0.591. The van der Waals surface area contributed by atoms with Crippen molar-refractivity contribution in [1.82, 2.24) is 5.32 Å². The first-order valence-corrected chi connectivity index (χ1v) is 9.40. The first-order valence-electron chi connectivity index (χ1n) is 9.02. The van der Waals surface area contributed by atoms with E-state index in [1.165, 1.54) is 5.56 Å². The van der Waals surface area contributed by atoms with Crippen molar-refractivity contribution >= 4 is 23.2 Å². The monoisotopic (exact) mass is 378 g/mol. The number of para-hydroxylation sites is 1. The van der Waals surface area contributed by atoms with Crippen molar-refractivity contribution in [2.24, 2.45) is 0 Å². The van der Waals surface area contributed by atoms with Crippen LogP contribution in [0.15, 0.2) is 78.9 Å². The zero-order chi connectivity index (χ0) is 19.1. The highest BCUT2D eigenvalue weighted by atomic mass is 35.5. The number of nitrogens with one attached hydrogen (secondary N) is 2. The van der Waals surface area contributed by atoms with Crippen molar-refractivity contribution in [3.05, 3.63) is 101 Å². The molecule has 27 heavy (non-hydrogen) atoms. The van der Waals surface area contributed by atoms with Crippen LogP contribution in [0.5, 0.6) is 0 Å². The van der Waals surface area contributed by atoms with Crippen LogP contribution in [0.1, 0.15) is 29.7 Å². The highest BCUT2D eigenvalue weighted by molar-refractivity contribution is 6.30. The predicted molar refractivity (Wildman–Crippen MR) is 112 cm³/mol. The third kappa shape index (κ3) is 5.68. The van der Waals surface area contributed by atoms with Crippen LogP contribution < -0.4 is 10.6 Å². The van der Waals surface area contributed by atoms with E-state index in [9.17, 15) is 4.79 Å². The summed E-state index contributed by atoms with van der Waals surface area (Å²) in [4.78, 5) is 12.4. The Morgan fingerprint density at radius 1 is 0.963 bits per heavy atom. The summed E-state index contributed by atoms with van der Waals surface area (Å²) >= 11 is 6.04. The fraction of sp³-hybridized carbons (Fsp3) is 0.174. The molecule has 0 aliphatic rings. The number of carbonyl (C=O) groups is 1. The molecule has 0 spiro atoms. The molecule has 0 bridgehead atoms. The van der Waals surface area contributed by atoms with Gasteiger partial charge in [-0.05, 0) is 48.2 Å². The zero-order valence-corrected chi connectivity index (χ0v) is 16.0. The van der Waals surface area contributed by atoms with Crippen LogP contribution in [0.25, 0.3) is 0 Å². The number of rotatable bonds is 7. The van der Waals surface area contributed by atoms with Gasteiger partial charge >= 0.3 is 0 Å². The maximum atomic E-state index is 12.4. The van der Waals surface area contributed by atoms with Crippen molar-refractivity contribution in [1.29, 1.82) is 0 Å². The van der Waals surface area contributed by atoms with Crippen molar-refractivity contribution in [2.75, 3.05) is 11.9 Å². The summed E-state index contributed by atoms with van der Waals surface area (Å²) in [5, 5.41) is 6.96. The van der Waals surface area contributed by atoms with E-state index in [0.717, 1.165) is 23.2 Å². The molecule has 0 saturated heterocycles. The molecule has 1 atom stereocenters. The van der Waals surface area contributed by atoms with E-state index in [4.69, 9.17) is 11.6 Å². The molecule has 0 aliphatic carbocycles. The Bertz CT molecular complexity index is 896. The summed E-state index contributed by atoms with van der Waals surface area (Å²) in [6.45, 7) is 2.25. The highest BCUT2D eigenvalue weighted by Crippen LogP contribution is 2.20. The standard InChI is InChI=1S/C23H23ClN2O/c1-17(19-11-7-12-21(24)15-19)25-16-23(27)26-22-13-6-5-10-20(22)14-18-8-3-2-4-9-18/h2-13,15,17,25H,14,16H2,1H3,(H,26,27)/t17-/m0/s1. The van der Waals surface area contributed by atoms with Gasteiger partial charge in [0.25, 0.3) is 0 Å². The zero-order valence-electron chi connectivity index (χ0n) is 15.3. The summed E-state index contributed by atoms with van der Waals surface area (Å²) in [5.74, 6) is -0.0654. The molecule has 3 aromatic rings. The molecule has 0 aliphatic heterocycles. The lowest BCUT2D eigenvalue weighted by Crippen LogP contribution is -2.30. The molecular formula is C23H23ClN2O. The van der Waals surface area contributed by atoms with Gasteiger partial charge in [0, 0.05) is 16.8 Å². The third-order valence-corrected chi connectivity index (χ3v) is 4.68. The van der Waals surface area contributed by atoms with Crippen LogP contribution in [-0.4, -0.2) is 12.5 Å².